The molecule has 3 N–H and O–H groups in total. The monoisotopic (exact) mass is 288 g/mol. The molecule has 6 nitrogen and oxygen atoms in total. The van der Waals surface area contributed by atoms with Gasteiger partial charge < -0.3 is 9.97 Å². The van der Waals surface area contributed by atoms with Crippen molar-refractivity contribution in [1.29, 1.82) is 0 Å². The summed E-state index contributed by atoms with van der Waals surface area (Å²) in [5, 5.41) is 4.06. The molecule has 0 aliphatic carbocycles. The van der Waals surface area contributed by atoms with E-state index in [1.54, 1.807) is 18.3 Å². The van der Waals surface area contributed by atoms with Crippen molar-refractivity contribution < 1.29 is 4.39 Å². The number of aromatic amines is 2. The minimum Gasteiger partial charge on any atom is -0.340 e. The number of fused-ring (bicyclic) bond motifs is 1. The van der Waals surface area contributed by atoms with Crippen LogP contribution < -0.4 is 5.43 Å². The molecule has 0 aliphatic heterocycles. The molecule has 20 heavy (non-hydrogen) atoms. The Balaban J connectivity index is 1.84. The molecule has 1 aromatic carbocycles. The van der Waals surface area contributed by atoms with Crippen LogP contribution in [-0.4, -0.2) is 26.2 Å². The lowest BCUT2D eigenvalue weighted by molar-refractivity contribution is 0.628. The van der Waals surface area contributed by atoms with E-state index in [0.29, 0.717) is 21.8 Å². The third kappa shape index (κ3) is 2.54. The van der Waals surface area contributed by atoms with Gasteiger partial charge in [-0.1, -0.05) is 12.1 Å². The van der Waals surface area contributed by atoms with Gasteiger partial charge >= 0.3 is 0 Å². The Morgan fingerprint density at radius 2 is 2.10 bits per heavy atom. The number of rotatable bonds is 3. The van der Waals surface area contributed by atoms with Crippen molar-refractivity contribution in [2.24, 2.45) is 5.10 Å². The minimum atomic E-state index is -0.285. The molecule has 0 aliphatic rings. The number of halogens is 1. The molecule has 0 atom stereocenters. The van der Waals surface area contributed by atoms with Crippen molar-refractivity contribution in [3.05, 3.63) is 46.7 Å². The van der Waals surface area contributed by atoms with Crippen molar-refractivity contribution in [3.8, 4) is 0 Å². The summed E-state index contributed by atoms with van der Waals surface area (Å²) in [4.78, 5) is 13.9. The summed E-state index contributed by atoms with van der Waals surface area (Å²) in [7, 11) is 0. The summed E-state index contributed by atoms with van der Waals surface area (Å²) >= 11 is 5.00. The fourth-order valence-corrected chi connectivity index (χ4v) is 1.84. The second kappa shape index (κ2) is 5.17. The molecule has 0 saturated carbocycles. The summed E-state index contributed by atoms with van der Waals surface area (Å²) < 4.78 is 13.1. The summed E-state index contributed by atoms with van der Waals surface area (Å²) in [6.45, 7) is 0. The van der Waals surface area contributed by atoms with Gasteiger partial charge in [0.05, 0.1) is 12.5 Å². The number of H-pyrrole nitrogens is 2. The molecular weight excluding hydrogens is 279 g/mol. The second-order valence-electron chi connectivity index (χ2n) is 3.94. The first-order valence-electron chi connectivity index (χ1n) is 5.70. The van der Waals surface area contributed by atoms with Crippen LogP contribution in [-0.2, 0) is 0 Å². The van der Waals surface area contributed by atoms with E-state index in [0.717, 1.165) is 5.56 Å². The molecule has 0 amide bonds. The highest BCUT2D eigenvalue weighted by molar-refractivity contribution is 7.71. The lowest BCUT2D eigenvalue weighted by atomic mass is 10.2. The molecule has 2 heterocycles. The van der Waals surface area contributed by atoms with Gasteiger partial charge in [0, 0.05) is 0 Å². The van der Waals surface area contributed by atoms with Crippen LogP contribution in [0.15, 0.2) is 35.7 Å². The number of hydrogen-bond donors (Lipinski definition) is 3. The number of nitrogens with one attached hydrogen (secondary N) is 3. The van der Waals surface area contributed by atoms with Crippen LogP contribution in [0.5, 0.6) is 0 Å². The molecular formula is C12H9FN6S. The van der Waals surface area contributed by atoms with E-state index in [1.807, 2.05) is 0 Å². The van der Waals surface area contributed by atoms with Crippen LogP contribution in [0.1, 0.15) is 5.56 Å². The summed E-state index contributed by atoms with van der Waals surface area (Å²) in [6, 6.07) is 5.99. The maximum absolute atomic E-state index is 12.8. The maximum atomic E-state index is 12.8. The highest BCUT2D eigenvalue weighted by Crippen LogP contribution is 2.14. The largest absolute Gasteiger partial charge is 0.340 e. The van der Waals surface area contributed by atoms with Crippen molar-refractivity contribution in [2.45, 2.75) is 0 Å². The first-order valence-corrected chi connectivity index (χ1v) is 6.11. The zero-order valence-electron chi connectivity index (χ0n) is 10.1. The molecule has 0 radical (unpaired) electrons. The van der Waals surface area contributed by atoms with E-state index in [4.69, 9.17) is 12.2 Å². The van der Waals surface area contributed by atoms with Gasteiger partial charge in [0.1, 0.15) is 11.3 Å². The Morgan fingerprint density at radius 3 is 2.90 bits per heavy atom. The zero-order chi connectivity index (χ0) is 13.9. The lowest BCUT2D eigenvalue weighted by Crippen LogP contribution is -1.97. The smallest absolute Gasteiger partial charge is 0.200 e. The number of benzene rings is 1. The first kappa shape index (κ1) is 12.4. The predicted octanol–water partition coefficient (Wildman–Crippen LogP) is 2.60. The van der Waals surface area contributed by atoms with Gasteiger partial charge in [0.15, 0.2) is 11.5 Å². The second-order valence-corrected chi connectivity index (χ2v) is 4.33. The normalized spacial score (nSPS) is 11.2. The van der Waals surface area contributed by atoms with Crippen molar-refractivity contribution in [3.63, 3.8) is 0 Å². The molecule has 0 saturated heterocycles. The predicted molar refractivity (Wildman–Crippen MR) is 76.7 cm³/mol. The molecule has 3 aromatic rings. The van der Waals surface area contributed by atoms with E-state index in [9.17, 15) is 4.39 Å². The van der Waals surface area contributed by atoms with E-state index >= 15 is 0 Å². The van der Waals surface area contributed by atoms with Gasteiger partial charge in [-0.3, -0.25) is 5.43 Å². The van der Waals surface area contributed by atoms with Crippen LogP contribution in [0.3, 0.4) is 0 Å². The van der Waals surface area contributed by atoms with Crippen LogP contribution in [0.2, 0.25) is 0 Å². The quantitative estimate of drug-likeness (QED) is 0.393. The van der Waals surface area contributed by atoms with Crippen molar-refractivity contribution >= 4 is 35.4 Å². The van der Waals surface area contributed by atoms with Crippen molar-refractivity contribution in [1.82, 2.24) is 19.9 Å². The number of anilines is 1. The molecule has 100 valence electrons. The Bertz CT molecular complexity index is 820. The van der Waals surface area contributed by atoms with Gasteiger partial charge in [0.25, 0.3) is 0 Å². The van der Waals surface area contributed by atoms with Gasteiger partial charge in [-0.15, -0.1) is 0 Å². The standard InChI is InChI=1S/C12H9FN6S/c13-8-3-1-7(2-4-8)5-16-19-11-9-10(15-6-14-9)17-12(20)18-11/h1-6H,(H3,14,15,17,18,19,20)/b16-5+. The fraction of sp³-hybridized carbons (Fsp3) is 0. The molecule has 2 aromatic heterocycles. The van der Waals surface area contributed by atoms with E-state index in [1.165, 1.54) is 18.5 Å². The van der Waals surface area contributed by atoms with E-state index < -0.39 is 0 Å². The van der Waals surface area contributed by atoms with Crippen molar-refractivity contribution in [2.75, 3.05) is 5.43 Å². The Morgan fingerprint density at radius 1 is 1.30 bits per heavy atom. The van der Waals surface area contributed by atoms with E-state index in [-0.39, 0.29) is 5.82 Å². The third-order valence-electron chi connectivity index (χ3n) is 2.57. The fourth-order valence-electron chi connectivity index (χ4n) is 1.65. The topological polar surface area (TPSA) is 81.8 Å². The number of hydrazone groups is 1. The highest BCUT2D eigenvalue weighted by Gasteiger charge is 2.04. The molecule has 8 heteroatoms. The number of nitrogens with zero attached hydrogens (tertiary/aromatic N) is 3. The molecule has 0 unspecified atom stereocenters. The average Bonchev–Trinajstić information content (AvgIpc) is 2.89. The van der Waals surface area contributed by atoms with Crippen LogP contribution in [0.4, 0.5) is 10.2 Å². The van der Waals surface area contributed by atoms with Crippen LogP contribution in [0.25, 0.3) is 11.2 Å². The van der Waals surface area contributed by atoms with Gasteiger partial charge in [-0.2, -0.15) is 10.1 Å². The summed E-state index contributed by atoms with van der Waals surface area (Å²) in [6.07, 6.45) is 3.09. The average molecular weight is 288 g/mol. The first-order chi connectivity index (χ1) is 9.72. The number of hydrogen-bond acceptors (Lipinski definition) is 5. The van der Waals surface area contributed by atoms with Gasteiger partial charge in [0.2, 0.25) is 4.77 Å². The maximum Gasteiger partial charge on any atom is 0.200 e. The SMILES string of the molecule is Fc1ccc(/C=N/Nc2[nH]c(=S)nc3nc[nH]c23)cc1. The third-order valence-corrected chi connectivity index (χ3v) is 2.76. The molecule has 0 bridgehead atoms. The minimum absolute atomic E-state index is 0.285. The Hall–Kier alpha value is -2.61. The highest BCUT2D eigenvalue weighted by atomic mass is 32.1. The molecule has 3 rings (SSSR count). The van der Waals surface area contributed by atoms with Gasteiger partial charge in [-0.25, -0.2) is 9.37 Å². The Labute approximate surface area is 117 Å². The van der Waals surface area contributed by atoms with Gasteiger partial charge in [-0.05, 0) is 29.9 Å². The number of imidazole rings is 1. The molecule has 0 fully saturated rings. The summed E-state index contributed by atoms with van der Waals surface area (Å²) in [5.41, 5.74) is 4.77. The molecule has 0 spiro atoms. The van der Waals surface area contributed by atoms with Crippen LogP contribution in [0, 0.1) is 10.6 Å². The lowest BCUT2D eigenvalue weighted by Gasteiger charge is -2.01. The Kier molecular flexibility index (Phi) is 3.21. The van der Waals surface area contributed by atoms with E-state index in [2.05, 4.69) is 30.5 Å². The zero-order valence-corrected chi connectivity index (χ0v) is 10.9. The number of aromatic nitrogens is 4. The summed E-state index contributed by atoms with van der Waals surface area (Å²) in [5.74, 6) is 0.281. The van der Waals surface area contributed by atoms with Crippen LogP contribution >= 0.6 is 12.2 Å².